The molecule has 1 aromatic carbocycles. The van der Waals surface area contributed by atoms with Gasteiger partial charge in [-0.15, -0.1) is 0 Å². The third-order valence-corrected chi connectivity index (χ3v) is 3.55. The molecule has 0 aliphatic rings. The summed E-state index contributed by atoms with van der Waals surface area (Å²) < 4.78 is 2.17. The van der Waals surface area contributed by atoms with Crippen LogP contribution in [-0.2, 0) is 13.5 Å². The molecule has 98 valence electrons. The van der Waals surface area contributed by atoms with Crippen molar-refractivity contribution in [2.45, 2.75) is 6.42 Å². The number of hydrogen-bond acceptors (Lipinski definition) is 2. The summed E-state index contributed by atoms with van der Waals surface area (Å²) in [6.45, 7) is 0.965. The van der Waals surface area contributed by atoms with Crippen molar-refractivity contribution in [3.05, 3.63) is 42.4 Å². The van der Waals surface area contributed by atoms with Crippen LogP contribution in [0.5, 0.6) is 0 Å². The molecule has 19 heavy (non-hydrogen) atoms. The number of aromatic nitrogens is 3. The van der Waals surface area contributed by atoms with Gasteiger partial charge in [0.25, 0.3) is 0 Å². The zero-order valence-electron chi connectivity index (χ0n) is 11.3. The summed E-state index contributed by atoms with van der Waals surface area (Å²) in [5.41, 5.74) is 3.56. The van der Waals surface area contributed by atoms with Crippen LogP contribution in [0.4, 0.5) is 0 Å². The number of rotatable bonds is 4. The molecule has 0 unspecified atom stereocenters. The minimum absolute atomic E-state index is 0.965. The lowest BCUT2D eigenvalue weighted by molar-refractivity contribution is 0.740. The molecular weight excluding hydrogens is 236 g/mol. The first-order valence-electron chi connectivity index (χ1n) is 6.53. The minimum Gasteiger partial charge on any atom is -0.360 e. The molecule has 0 spiro atoms. The van der Waals surface area contributed by atoms with Gasteiger partial charge in [-0.05, 0) is 13.1 Å². The van der Waals surface area contributed by atoms with Gasteiger partial charge in [0, 0.05) is 54.6 Å². The van der Waals surface area contributed by atoms with Crippen molar-refractivity contribution in [1.29, 1.82) is 0 Å². The first-order chi connectivity index (χ1) is 9.31. The maximum Gasteiger partial charge on any atom is 0.142 e. The molecule has 0 fully saturated rings. The summed E-state index contributed by atoms with van der Waals surface area (Å²) >= 11 is 0. The standard InChI is InChI=1S/C15H18N4/c1-16-8-7-11-9-18-15(19(11)2)13-10-17-14-6-4-3-5-12(13)14/h3-6,9-10,16-17H,7-8H2,1-2H3. The van der Waals surface area contributed by atoms with Crippen molar-refractivity contribution in [2.75, 3.05) is 13.6 Å². The second-order valence-electron chi connectivity index (χ2n) is 4.73. The average Bonchev–Trinajstić information content (AvgIpc) is 3.00. The normalized spacial score (nSPS) is 11.3. The van der Waals surface area contributed by atoms with E-state index < -0.39 is 0 Å². The molecule has 2 aromatic heterocycles. The Morgan fingerprint density at radius 1 is 1.32 bits per heavy atom. The van der Waals surface area contributed by atoms with E-state index in [0.29, 0.717) is 0 Å². The molecule has 0 amide bonds. The number of aromatic amines is 1. The number of imidazole rings is 1. The van der Waals surface area contributed by atoms with Gasteiger partial charge in [-0.2, -0.15) is 0 Å². The number of nitrogens with one attached hydrogen (secondary N) is 2. The summed E-state index contributed by atoms with van der Waals surface area (Å²) in [4.78, 5) is 7.88. The highest BCUT2D eigenvalue weighted by molar-refractivity contribution is 5.93. The lowest BCUT2D eigenvalue weighted by Crippen LogP contribution is -2.12. The third kappa shape index (κ3) is 2.04. The van der Waals surface area contributed by atoms with E-state index in [1.165, 1.54) is 11.1 Å². The van der Waals surface area contributed by atoms with Crippen LogP contribution in [0.1, 0.15) is 5.69 Å². The number of para-hydroxylation sites is 1. The van der Waals surface area contributed by atoms with Crippen molar-refractivity contribution in [3.8, 4) is 11.4 Å². The van der Waals surface area contributed by atoms with Gasteiger partial charge < -0.3 is 14.9 Å². The van der Waals surface area contributed by atoms with Gasteiger partial charge in [0.05, 0.1) is 0 Å². The van der Waals surface area contributed by atoms with Crippen LogP contribution in [-0.4, -0.2) is 28.1 Å². The molecular formula is C15H18N4. The zero-order chi connectivity index (χ0) is 13.2. The topological polar surface area (TPSA) is 45.6 Å². The monoisotopic (exact) mass is 254 g/mol. The van der Waals surface area contributed by atoms with Crippen molar-refractivity contribution in [2.24, 2.45) is 7.05 Å². The summed E-state index contributed by atoms with van der Waals surface area (Å²) in [6, 6.07) is 8.32. The zero-order valence-corrected chi connectivity index (χ0v) is 11.3. The highest BCUT2D eigenvalue weighted by Gasteiger charge is 2.12. The maximum absolute atomic E-state index is 4.58. The second-order valence-corrected chi connectivity index (χ2v) is 4.73. The average molecular weight is 254 g/mol. The summed E-state index contributed by atoms with van der Waals surface area (Å²) in [5.74, 6) is 1.02. The van der Waals surface area contributed by atoms with Gasteiger partial charge in [0.2, 0.25) is 0 Å². The van der Waals surface area contributed by atoms with Crippen molar-refractivity contribution >= 4 is 10.9 Å². The lowest BCUT2D eigenvalue weighted by atomic mass is 10.1. The van der Waals surface area contributed by atoms with Gasteiger partial charge in [-0.3, -0.25) is 0 Å². The Bertz CT molecular complexity index is 693. The van der Waals surface area contributed by atoms with E-state index in [1.54, 1.807) is 0 Å². The fraction of sp³-hybridized carbons (Fsp3) is 0.267. The Labute approximate surface area is 112 Å². The first kappa shape index (κ1) is 12.0. The van der Waals surface area contributed by atoms with Gasteiger partial charge in [-0.25, -0.2) is 4.98 Å². The van der Waals surface area contributed by atoms with Gasteiger partial charge in [0.1, 0.15) is 5.82 Å². The number of benzene rings is 1. The Balaban J connectivity index is 2.04. The Morgan fingerprint density at radius 2 is 2.16 bits per heavy atom. The number of H-pyrrole nitrogens is 1. The fourth-order valence-electron chi connectivity index (χ4n) is 2.44. The number of hydrogen-bond donors (Lipinski definition) is 2. The molecule has 3 aromatic rings. The van der Waals surface area contributed by atoms with E-state index in [4.69, 9.17) is 0 Å². The van der Waals surface area contributed by atoms with E-state index in [0.717, 1.165) is 29.9 Å². The van der Waals surface area contributed by atoms with E-state index in [9.17, 15) is 0 Å². The van der Waals surface area contributed by atoms with E-state index in [-0.39, 0.29) is 0 Å². The van der Waals surface area contributed by atoms with Crippen molar-refractivity contribution < 1.29 is 0 Å². The predicted molar refractivity (Wildman–Crippen MR) is 78.1 cm³/mol. The molecule has 4 nitrogen and oxygen atoms in total. The third-order valence-electron chi connectivity index (χ3n) is 3.55. The van der Waals surface area contributed by atoms with Crippen LogP contribution < -0.4 is 5.32 Å². The van der Waals surface area contributed by atoms with Crippen molar-refractivity contribution in [3.63, 3.8) is 0 Å². The van der Waals surface area contributed by atoms with Crippen molar-refractivity contribution in [1.82, 2.24) is 19.9 Å². The fourth-order valence-corrected chi connectivity index (χ4v) is 2.44. The van der Waals surface area contributed by atoms with Crippen LogP contribution in [0.2, 0.25) is 0 Å². The molecule has 0 aliphatic carbocycles. The molecule has 0 saturated heterocycles. The Morgan fingerprint density at radius 3 is 3.00 bits per heavy atom. The molecule has 0 aliphatic heterocycles. The number of nitrogens with zero attached hydrogens (tertiary/aromatic N) is 2. The molecule has 2 heterocycles. The smallest absolute Gasteiger partial charge is 0.142 e. The molecule has 3 rings (SSSR count). The van der Waals surface area contributed by atoms with Gasteiger partial charge >= 0.3 is 0 Å². The largest absolute Gasteiger partial charge is 0.360 e. The predicted octanol–water partition coefficient (Wildman–Crippen LogP) is 2.33. The Kier molecular flexibility index (Phi) is 3.09. The molecule has 0 radical (unpaired) electrons. The van der Waals surface area contributed by atoms with E-state index in [1.807, 2.05) is 25.5 Å². The SMILES string of the molecule is CNCCc1cnc(-c2c[nH]c3ccccc23)n1C. The summed E-state index contributed by atoms with van der Waals surface area (Å²) in [5, 5.41) is 4.39. The summed E-state index contributed by atoms with van der Waals surface area (Å²) in [7, 11) is 4.05. The number of likely N-dealkylation sites (N-methyl/N-ethyl adjacent to an activating group) is 1. The molecule has 0 atom stereocenters. The lowest BCUT2D eigenvalue weighted by Gasteiger charge is -2.05. The van der Waals surface area contributed by atoms with E-state index >= 15 is 0 Å². The van der Waals surface area contributed by atoms with Crippen LogP contribution in [0.15, 0.2) is 36.7 Å². The molecule has 2 N–H and O–H groups in total. The molecule has 4 heteroatoms. The van der Waals surface area contributed by atoms with Gasteiger partial charge in [-0.1, -0.05) is 18.2 Å². The number of fused-ring (bicyclic) bond motifs is 1. The highest BCUT2D eigenvalue weighted by Crippen LogP contribution is 2.27. The maximum atomic E-state index is 4.58. The first-order valence-corrected chi connectivity index (χ1v) is 6.53. The van der Waals surface area contributed by atoms with E-state index in [2.05, 4.69) is 45.1 Å². The Hall–Kier alpha value is -2.07. The summed E-state index contributed by atoms with van der Waals surface area (Å²) in [6.07, 6.45) is 4.99. The highest BCUT2D eigenvalue weighted by atomic mass is 15.1. The molecule has 0 saturated carbocycles. The van der Waals surface area contributed by atoms with Crippen LogP contribution >= 0.6 is 0 Å². The minimum atomic E-state index is 0.965. The van der Waals surface area contributed by atoms with Crippen LogP contribution in [0, 0.1) is 0 Å². The van der Waals surface area contributed by atoms with Crippen LogP contribution in [0.25, 0.3) is 22.3 Å². The quantitative estimate of drug-likeness (QED) is 0.750. The molecule has 0 bridgehead atoms. The van der Waals surface area contributed by atoms with Crippen LogP contribution in [0.3, 0.4) is 0 Å². The van der Waals surface area contributed by atoms with Gasteiger partial charge in [0.15, 0.2) is 0 Å². The second kappa shape index (κ2) is 4.90.